The Balaban J connectivity index is 1.23. The number of benzene rings is 6. The van der Waals surface area contributed by atoms with Gasteiger partial charge in [-0.05, 0) is 33.4 Å². The second kappa shape index (κ2) is 14.7. The second-order valence-electron chi connectivity index (χ2n) is 10.9. The number of hydrogen-bond donors (Lipinski definition) is 0. The van der Waals surface area contributed by atoms with Crippen molar-refractivity contribution in [3.8, 4) is 0 Å². The van der Waals surface area contributed by atoms with Gasteiger partial charge in [-0.1, -0.05) is 182 Å². The predicted molar refractivity (Wildman–Crippen MR) is 181 cm³/mol. The molecule has 0 saturated carbocycles. The van der Waals surface area contributed by atoms with Gasteiger partial charge in [0.2, 0.25) is 0 Å². The molecule has 0 saturated heterocycles. The van der Waals surface area contributed by atoms with Crippen molar-refractivity contribution in [2.24, 2.45) is 0 Å². The lowest BCUT2D eigenvalue weighted by molar-refractivity contribution is -0.155. The number of carbonyl (C=O) groups is 1. The van der Waals surface area contributed by atoms with Gasteiger partial charge in [0.05, 0.1) is 6.61 Å². The standard InChI is InChI=1S/C42H36O4/c43-40(33-46-42(37-25-13-4-14-26-37,38-27-15-5-16-28-38)39-29-17-6-18-30-39)44-31-32-45-41(34-19-7-1-8-20-34,35-21-9-2-10-22-35)36-23-11-3-12-24-36/h1-30H,31-33H2. The normalized spacial score (nSPS) is 11.6. The summed E-state index contributed by atoms with van der Waals surface area (Å²) in [6.45, 7) is -0.0169. The second-order valence-corrected chi connectivity index (χ2v) is 10.9. The van der Waals surface area contributed by atoms with Crippen LogP contribution in [0.15, 0.2) is 182 Å². The van der Waals surface area contributed by atoms with E-state index in [1.807, 2.05) is 146 Å². The van der Waals surface area contributed by atoms with Crippen LogP contribution in [0.1, 0.15) is 33.4 Å². The topological polar surface area (TPSA) is 44.8 Å². The molecule has 4 heteroatoms. The Morgan fingerprint density at radius 3 is 0.913 bits per heavy atom. The van der Waals surface area contributed by atoms with Crippen LogP contribution < -0.4 is 0 Å². The van der Waals surface area contributed by atoms with Crippen LogP contribution in [0, 0.1) is 0 Å². The highest BCUT2D eigenvalue weighted by molar-refractivity contribution is 5.71. The lowest BCUT2D eigenvalue weighted by Gasteiger charge is -2.36. The minimum absolute atomic E-state index is 0.0610. The lowest BCUT2D eigenvalue weighted by Crippen LogP contribution is -2.36. The maximum atomic E-state index is 13.3. The van der Waals surface area contributed by atoms with E-state index in [2.05, 4.69) is 36.4 Å². The van der Waals surface area contributed by atoms with Gasteiger partial charge in [0.1, 0.15) is 24.4 Å². The van der Waals surface area contributed by atoms with Crippen LogP contribution in [0.25, 0.3) is 0 Å². The van der Waals surface area contributed by atoms with E-state index in [9.17, 15) is 4.79 Å². The highest BCUT2D eigenvalue weighted by atomic mass is 16.6. The van der Waals surface area contributed by atoms with Crippen molar-refractivity contribution in [2.45, 2.75) is 11.2 Å². The summed E-state index contributed by atoms with van der Waals surface area (Å²) in [7, 11) is 0. The minimum Gasteiger partial charge on any atom is -0.462 e. The molecule has 4 nitrogen and oxygen atoms in total. The number of rotatable bonds is 13. The zero-order chi connectivity index (χ0) is 31.5. The third-order valence-electron chi connectivity index (χ3n) is 8.15. The first-order valence-corrected chi connectivity index (χ1v) is 15.5. The molecule has 0 bridgehead atoms. The highest BCUT2D eigenvalue weighted by Crippen LogP contribution is 2.41. The average Bonchev–Trinajstić information content (AvgIpc) is 3.14. The molecule has 6 rings (SSSR count). The van der Waals surface area contributed by atoms with E-state index >= 15 is 0 Å². The quantitative estimate of drug-likeness (QED) is 0.0753. The molecular formula is C42H36O4. The minimum atomic E-state index is -1.01. The largest absolute Gasteiger partial charge is 0.462 e. The van der Waals surface area contributed by atoms with E-state index in [1.165, 1.54) is 0 Å². The molecule has 6 aromatic carbocycles. The smallest absolute Gasteiger partial charge is 0.332 e. The molecule has 0 aliphatic heterocycles. The highest BCUT2D eigenvalue weighted by Gasteiger charge is 2.39. The van der Waals surface area contributed by atoms with E-state index in [0.717, 1.165) is 33.4 Å². The first kappa shape index (κ1) is 30.7. The molecule has 0 fully saturated rings. The Kier molecular flexibility index (Phi) is 9.79. The van der Waals surface area contributed by atoms with Crippen LogP contribution >= 0.6 is 0 Å². The van der Waals surface area contributed by atoms with E-state index in [0.29, 0.717) is 0 Å². The van der Waals surface area contributed by atoms with Gasteiger partial charge in [0.25, 0.3) is 0 Å². The summed E-state index contributed by atoms with van der Waals surface area (Å²) in [5.74, 6) is -0.472. The lowest BCUT2D eigenvalue weighted by atomic mass is 9.80. The first-order chi connectivity index (χ1) is 22.7. The van der Waals surface area contributed by atoms with Crippen molar-refractivity contribution in [1.29, 1.82) is 0 Å². The molecule has 0 heterocycles. The van der Waals surface area contributed by atoms with Gasteiger partial charge in [-0.25, -0.2) is 4.79 Å². The summed E-state index contributed by atoms with van der Waals surface area (Å²) in [5.41, 5.74) is 3.81. The summed E-state index contributed by atoms with van der Waals surface area (Å²) in [6, 6.07) is 60.4. The number of carbonyl (C=O) groups excluding carboxylic acids is 1. The third kappa shape index (κ3) is 6.40. The molecule has 0 spiro atoms. The molecule has 228 valence electrons. The average molecular weight is 605 g/mol. The molecule has 0 aliphatic rings. The van der Waals surface area contributed by atoms with Crippen molar-refractivity contribution in [3.63, 3.8) is 0 Å². The van der Waals surface area contributed by atoms with Crippen molar-refractivity contribution in [3.05, 3.63) is 215 Å². The van der Waals surface area contributed by atoms with E-state index in [1.54, 1.807) is 0 Å². The van der Waals surface area contributed by atoms with Crippen LogP contribution in [0.2, 0.25) is 0 Å². The monoisotopic (exact) mass is 604 g/mol. The fourth-order valence-electron chi connectivity index (χ4n) is 6.10. The maximum absolute atomic E-state index is 13.3. The maximum Gasteiger partial charge on any atom is 0.332 e. The Labute approximate surface area is 270 Å². The van der Waals surface area contributed by atoms with E-state index < -0.39 is 17.2 Å². The van der Waals surface area contributed by atoms with E-state index in [4.69, 9.17) is 14.2 Å². The van der Waals surface area contributed by atoms with Crippen LogP contribution in [-0.4, -0.2) is 25.8 Å². The molecule has 0 radical (unpaired) electrons. The Bertz CT molecular complexity index is 1580. The van der Waals surface area contributed by atoms with Crippen LogP contribution in [-0.2, 0) is 30.2 Å². The van der Waals surface area contributed by atoms with Gasteiger partial charge in [-0.3, -0.25) is 0 Å². The van der Waals surface area contributed by atoms with Gasteiger partial charge in [0, 0.05) is 0 Å². The van der Waals surface area contributed by atoms with Crippen LogP contribution in [0.3, 0.4) is 0 Å². The zero-order valence-electron chi connectivity index (χ0n) is 25.6. The summed E-state index contributed by atoms with van der Waals surface area (Å²) in [6.07, 6.45) is 0. The Morgan fingerprint density at radius 2 is 0.630 bits per heavy atom. The number of hydrogen-bond acceptors (Lipinski definition) is 4. The molecule has 6 aromatic rings. The molecule has 0 unspecified atom stereocenters. The molecular weight excluding hydrogens is 568 g/mol. The van der Waals surface area contributed by atoms with Gasteiger partial charge >= 0.3 is 5.97 Å². The number of esters is 1. The third-order valence-corrected chi connectivity index (χ3v) is 8.15. The molecule has 0 amide bonds. The fourth-order valence-corrected chi connectivity index (χ4v) is 6.10. The Hall–Kier alpha value is -5.29. The fraction of sp³-hybridized carbons (Fsp3) is 0.119. The van der Waals surface area contributed by atoms with Gasteiger partial charge < -0.3 is 14.2 Å². The van der Waals surface area contributed by atoms with Crippen molar-refractivity contribution in [1.82, 2.24) is 0 Å². The van der Waals surface area contributed by atoms with Gasteiger partial charge in [-0.15, -0.1) is 0 Å². The summed E-state index contributed by atoms with van der Waals surface area (Å²) in [5, 5.41) is 0. The SMILES string of the molecule is O=C(COC(c1ccccc1)(c1ccccc1)c1ccccc1)OCCOC(c1ccccc1)(c1ccccc1)c1ccccc1. The van der Waals surface area contributed by atoms with Crippen molar-refractivity contribution < 1.29 is 19.0 Å². The van der Waals surface area contributed by atoms with Crippen molar-refractivity contribution >= 4 is 5.97 Å². The molecule has 0 aliphatic carbocycles. The van der Waals surface area contributed by atoms with Crippen LogP contribution in [0.4, 0.5) is 0 Å². The molecule has 46 heavy (non-hydrogen) atoms. The predicted octanol–water partition coefficient (Wildman–Crippen LogP) is 8.55. The number of ether oxygens (including phenoxy) is 3. The summed E-state index contributed by atoms with van der Waals surface area (Å²) >= 11 is 0. The van der Waals surface area contributed by atoms with Gasteiger partial charge in [-0.2, -0.15) is 0 Å². The summed E-state index contributed by atoms with van der Waals surface area (Å²) in [4.78, 5) is 13.3. The molecule has 0 aromatic heterocycles. The zero-order valence-corrected chi connectivity index (χ0v) is 25.6. The van der Waals surface area contributed by atoms with Crippen LogP contribution in [0.5, 0.6) is 0 Å². The molecule has 0 N–H and O–H groups in total. The van der Waals surface area contributed by atoms with E-state index in [-0.39, 0.29) is 19.8 Å². The Morgan fingerprint density at radius 1 is 0.370 bits per heavy atom. The molecule has 0 atom stereocenters. The van der Waals surface area contributed by atoms with Crippen molar-refractivity contribution in [2.75, 3.05) is 19.8 Å². The summed E-state index contributed by atoms with van der Waals surface area (Å²) < 4.78 is 19.2. The first-order valence-electron chi connectivity index (χ1n) is 15.5. The van der Waals surface area contributed by atoms with Gasteiger partial charge in [0.15, 0.2) is 0 Å².